The van der Waals surface area contributed by atoms with Gasteiger partial charge in [-0.25, -0.2) is 9.97 Å². The molecule has 0 atom stereocenters. The van der Waals surface area contributed by atoms with Gasteiger partial charge in [0, 0.05) is 25.7 Å². The highest BCUT2D eigenvalue weighted by molar-refractivity contribution is 5.87. The molecule has 6 nitrogen and oxygen atoms in total. The number of nitrogens with two attached hydrogens (primary N) is 1. The number of nitrogen functional groups attached to an aromatic ring is 1. The minimum Gasteiger partial charge on any atom is -0.393 e. The van der Waals surface area contributed by atoms with Crippen LogP contribution in [0.25, 0.3) is 11.0 Å². The highest BCUT2D eigenvalue weighted by Crippen LogP contribution is 2.22. The fourth-order valence-electron chi connectivity index (χ4n) is 3.63. The van der Waals surface area contributed by atoms with Crippen LogP contribution >= 0.6 is 0 Å². The largest absolute Gasteiger partial charge is 0.393 e. The van der Waals surface area contributed by atoms with E-state index in [0.717, 1.165) is 75.0 Å². The van der Waals surface area contributed by atoms with Crippen molar-refractivity contribution in [3.05, 3.63) is 17.6 Å². The lowest BCUT2D eigenvalue weighted by molar-refractivity contribution is 0.0818. The Kier molecular flexibility index (Phi) is 6.26. The number of nitrogens with zero attached hydrogens (tertiary/aromatic N) is 3. The van der Waals surface area contributed by atoms with Crippen LogP contribution in [0.3, 0.4) is 0 Å². The molecule has 138 valence electrons. The molecule has 3 rings (SSSR count). The second-order valence-electron chi connectivity index (χ2n) is 7.20. The number of H-pyrrole nitrogens is 1. The van der Waals surface area contributed by atoms with Crippen LogP contribution in [-0.2, 0) is 12.8 Å². The Hall–Kier alpha value is -1.66. The number of piperidine rings is 1. The maximum absolute atomic E-state index is 9.55. The van der Waals surface area contributed by atoms with Crippen LogP contribution in [0.15, 0.2) is 6.20 Å². The Morgan fingerprint density at radius 3 is 2.76 bits per heavy atom. The molecule has 2 aromatic rings. The summed E-state index contributed by atoms with van der Waals surface area (Å²) in [6, 6.07) is 0. The summed E-state index contributed by atoms with van der Waals surface area (Å²) in [5, 5.41) is 9.55. The molecule has 1 aliphatic rings. The van der Waals surface area contributed by atoms with Gasteiger partial charge in [-0.2, -0.15) is 0 Å². The van der Waals surface area contributed by atoms with Crippen molar-refractivity contribution in [2.75, 3.05) is 25.4 Å². The van der Waals surface area contributed by atoms with E-state index in [2.05, 4.69) is 21.8 Å². The molecule has 6 heteroatoms. The Labute approximate surface area is 149 Å². The van der Waals surface area contributed by atoms with Crippen LogP contribution in [0, 0.1) is 0 Å². The highest BCUT2D eigenvalue weighted by Gasteiger charge is 2.16. The molecule has 1 fully saturated rings. The SMILES string of the molecule is CCCc1nc(N)c2[nH]cc(CCCCCN3CCC(O)CC3)c2n1. The molecular weight excluding hydrogens is 314 g/mol. The molecule has 1 aliphatic heterocycles. The summed E-state index contributed by atoms with van der Waals surface area (Å²) >= 11 is 0. The first-order chi connectivity index (χ1) is 12.2. The van der Waals surface area contributed by atoms with E-state index in [1.54, 1.807) is 0 Å². The zero-order valence-corrected chi connectivity index (χ0v) is 15.3. The molecule has 0 saturated carbocycles. The van der Waals surface area contributed by atoms with Crippen LogP contribution in [0.5, 0.6) is 0 Å². The maximum atomic E-state index is 9.55. The number of hydrogen-bond donors (Lipinski definition) is 3. The quantitative estimate of drug-likeness (QED) is 0.640. The third-order valence-corrected chi connectivity index (χ3v) is 5.13. The van der Waals surface area contributed by atoms with Crippen molar-refractivity contribution in [1.82, 2.24) is 19.9 Å². The summed E-state index contributed by atoms with van der Waals surface area (Å²) in [6.45, 7) is 5.36. The molecule has 0 aromatic carbocycles. The number of aliphatic hydroxyl groups is 1. The summed E-state index contributed by atoms with van der Waals surface area (Å²) in [6.07, 6.45) is 10.3. The van der Waals surface area contributed by atoms with Gasteiger partial charge in [-0.15, -0.1) is 0 Å². The van der Waals surface area contributed by atoms with E-state index in [-0.39, 0.29) is 6.10 Å². The van der Waals surface area contributed by atoms with Crippen LogP contribution in [-0.4, -0.2) is 50.7 Å². The van der Waals surface area contributed by atoms with Gasteiger partial charge >= 0.3 is 0 Å². The topological polar surface area (TPSA) is 91.1 Å². The van der Waals surface area contributed by atoms with E-state index in [1.165, 1.54) is 18.4 Å². The van der Waals surface area contributed by atoms with E-state index in [1.807, 2.05) is 6.20 Å². The summed E-state index contributed by atoms with van der Waals surface area (Å²) in [7, 11) is 0. The van der Waals surface area contributed by atoms with Gasteiger partial charge in [0.25, 0.3) is 0 Å². The molecule has 2 aromatic heterocycles. The maximum Gasteiger partial charge on any atom is 0.151 e. The first kappa shape index (κ1) is 18.1. The number of anilines is 1. The first-order valence-corrected chi connectivity index (χ1v) is 9.70. The van der Waals surface area contributed by atoms with E-state index >= 15 is 0 Å². The predicted octanol–water partition coefficient (Wildman–Crippen LogP) is 2.66. The zero-order valence-electron chi connectivity index (χ0n) is 15.3. The summed E-state index contributed by atoms with van der Waals surface area (Å²) in [5.74, 6) is 1.41. The van der Waals surface area contributed by atoms with Gasteiger partial charge in [0.1, 0.15) is 11.3 Å². The fraction of sp³-hybridized carbons (Fsp3) is 0.684. The number of aromatic amines is 1. The highest BCUT2D eigenvalue weighted by atomic mass is 16.3. The van der Waals surface area contributed by atoms with E-state index in [9.17, 15) is 5.11 Å². The lowest BCUT2D eigenvalue weighted by Gasteiger charge is -2.29. The van der Waals surface area contributed by atoms with Crippen LogP contribution in [0.4, 0.5) is 5.82 Å². The molecule has 25 heavy (non-hydrogen) atoms. The van der Waals surface area contributed by atoms with Crippen LogP contribution < -0.4 is 5.73 Å². The number of nitrogens with one attached hydrogen (secondary N) is 1. The monoisotopic (exact) mass is 345 g/mol. The standard InChI is InChI=1S/C19H31N5O/c1-2-6-16-22-17-14(13-21-18(17)19(20)23-16)7-4-3-5-10-24-11-8-15(25)9-12-24/h13,15,21,25H,2-12H2,1H3,(H2,20,22,23). The van der Waals surface area contributed by atoms with Crippen LogP contribution in [0.1, 0.15) is 56.8 Å². The third-order valence-electron chi connectivity index (χ3n) is 5.13. The molecule has 0 aliphatic carbocycles. The molecule has 0 radical (unpaired) electrons. The molecule has 0 bridgehead atoms. The second-order valence-corrected chi connectivity index (χ2v) is 7.20. The Balaban J connectivity index is 1.48. The van der Waals surface area contributed by atoms with E-state index < -0.39 is 0 Å². The number of aliphatic hydroxyl groups excluding tert-OH is 1. The molecule has 0 unspecified atom stereocenters. The lowest BCUT2D eigenvalue weighted by atomic mass is 10.1. The van der Waals surface area contributed by atoms with Crippen molar-refractivity contribution >= 4 is 16.9 Å². The van der Waals surface area contributed by atoms with Gasteiger partial charge in [-0.3, -0.25) is 0 Å². The Bertz CT molecular complexity index is 676. The molecule has 1 saturated heterocycles. The van der Waals surface area contributed by atoms with Gasteiger partial charge in [0.05, 0.1) is 11.6 Å². The minimum atomic E-state index is -0.0786. The number of unbranched alkanes of at least 4 members (excludes halogenated alkanes) is 2. The number of aryl methyl sites for hydroxylation is 2. The average Bonchev–Trinajstić information content (AvgIpc) is 3.00. The first-order valence-electron chi connectivity index (χ1n) is 9.70. The Morgan fingerprint density at radius 2 is 2.00 bits per heavy atom. The van der Waals surface area contributed by atoms with Crippen molar-refractivity contribution in [3.8, 4) is 0 Å². The van der Waals surface area contributed by atoms with Gasteiger partial charge in [-0.05, 0) is 50.6 Å². The predicted molar refractivity (Wildman–Crippen MR) is 102 cm³/mol. The van der Waals surface area contributed by atoms with Crippen LogP contribution in [0.2, 0.25) is 0 Å². The third kappa shape index (κ3) is 4.70. The zero-order chi connectivity index (χ0) is 17.6. The lowest BCUT2D eigenvalue weighted by Crippen LogP contribution is -2.36. The molecular formula is C19H31N5O. The van der Waals surface area contributed by atoms with E-state index in [4.69, 9.17) is 10.7 Å². The summed E-state index contributed by atoms with van der Waals surface area (Å²) < 4.78 is 0. The number of rotatable bonds is 8. The Morgan fingerprint density at radius 1 is 1.20 bits per heavy atom. The molecule has 0 amide bonds. The van der Waals surface area contributed by atoms with Crippen molar-refractivity contribution in [2.24, 2.45) is 0 Å². The smallest absolute Gasteiger partial charge is 0.151 e. The minimum absolute atomic E-state index is 0.0786. The number of fused-ring (bicyclic) bond motifs is 1. The molecule has 0 spiro atoms. The summed E-state index contributed by atoms with van der Waals surface area (Å²) in [4.78, 5) is 14.8. The van der Waals surface area contributed by atoms with Crippen molar-refractivity contribution in [1.29, 1.82) is 0 Å². The fourth-order valence-corrected chi connectivity index (χ4v) is 3.63. The summed E-state index contributed by atoms with van der Waals surface area (Å²) in [5.41, 5.74) is 9.19. The average molecular weight is 345 g/mol. The van der Waals surface area contributed by atoms with Gasteiger partial charge in [0.2, 0.25) is 0 Å². The van der Waals surface area contributed by atoms with Crippen molar-refractivity contribution < 1.29 is 5.11 Å². The van der Waals surface area contributed by atoms with Crippen molar-refractivity contribution in [3.63, 3.8) is 0 Å². The molecule has 4 N–H and O–H groups in total. The number of likely N-dealkylation sites (tertiary alicyclic amines) is 1. The van der Waals surface area contributed by atoms with Gasteiger partial charge in [-0.1, -0.05) is 13.3 Å². The van der Waals surface area contributed by atoms with Gasteiger partial charge < -0.3 is 20.7 Å². The molecule has 3 heterocycles. The number of aromatic nitrogens is 3. The number of hydrogen-bond acceptors (Lipinski definition) is 5. The normalized spacial score (nSPS) is 16.7. The van der Waals surface area contributed by atoms with Gasteiger partial charge in [0.15, 0.2) is 5.82 Å². The second kappa shape index (κ2) is 8.63. The van der Waals surface area contributed by atoms with Crippen molar-refractivity contribution in [2.45, 2.75) is 64.4 Å². The van der Waals surface area contributed by atoms with E-state index in [0.29, 0.717) is 5.82 Å².